The summed E-state index contributed by atoms with van der Waals surface area (Å²) in [5.74, 6) is -3.87. The quantitative estimate of drug-likeness (QED) is 0.436. The largest absolute Gasteiger partial charge is 0.478 e. The van der Waals surface area contributed by atoms with E-state index in [-0.39, 0.29) is 12.0 Å². The second kappa shape index (κ2) is 9.81. The predicted octanol–water partition coefficient (Wildman–Crippen LogP) is 5.93. The van der Waals surface area contributed by atoms with E-state index >= 15 is 0 Å². The number of rotatable bonds is 10. The topological polar surface area (TPSA) is 68.0 Å². The van der Waals surface area contributed by atoms with Gasteiger partial charge in [-0.05, 0) is 35.6 Å². The van der Waals surface area contributed by atoms with E-state index in [0.717, 1.165) is 17.5 Å². The van der Waals surface area contributed by atoms with Crippen molar-refractivity contribution in [1.29, 1.82) is 0 Å². The Morgan fingerprint density at radius 3 is 2.42 bits per heavy atom. The lowest BCUT2D eigenvalue weighted by atomic mass is 9.99. The number of nitrogens with zero attached hydrogens (tertiary/aromatic N) is 3. The van der Waals surface area contributed by atoms with E-state index in [4.69, 9.17) is 0 Å². The molecule has 1 aromatic heterocycles. The summed E-state index contributed by atoms with van der Waals surface area (Å²) in [6.45, 7) is 4.18. The highest BCUT2D eigenvalue weighted by Crippen LogP contribution is 2.31. The third kappa shape index (κ3) is 5.34. The van der Waals surface area contributed by atoms with Crippen LogP contribution in [0.1, 0.15) is 67.1 Å². The lowest BCUT2D eigenvalue weighted by molar-refractivity contribution is -0.0245. The monoisotopic (exact) mass is 427 g/mol. The molecule has 31 heavy (non-hydrogen) atoms. The van der Waals surface area contributed by atoms with Crippen LogP contribution in [0.2, 0.25) is 0 Å². The van der Waals surface area contributed by atoms with Crippen LogP contribution in [0, 0.1) is 0 Å². The number of unbranched alkanes of at least 4 members (excludes halogenated alkanes) is 1. The predicted molar refractivity (Wildman–Crippen MR) is 115 cm³/mol. The van der Waals surface area contributed by atoms with E-state index in [1.54, 1.807) is 28.9 Å². The smallest absolute Gasteiger partial charge is 0.336 e. The molecular weight excluding hydrogens is 400 g/mol. The molecule has 164 valence electrons. The van der Waals surface area contributed by atoms with E-state index < -0.39 is 17.7 Å². The third-order valence-electron chi connectivity index (χ3n) is 5.15. The number of hydrogen-bond donors (Lipinski definition) is 1. The van der Waals surface area contributed by atoms with Crippen molar-refractivity contribution in [2.75, 3.05) is 0 Å². The van der Waals surface area contributed by atoms with E-state index in [1.165, 1.54) is 0 Å². The van der Waals surface area contributed by atoms with Crippen LogP contribution < -0.4 is 0 Å². The molecular formula is C24H27F2N3O2. The number of carbonyl (C=O) groups is 1. The fourth-order valence-electron chi connectivity index (χ4n) is 3.46. The Morgan fingerprint density at radius 2 is 1.77 bits per heavy atom. The molecule has 0 atom stereocenters. The highest BCUT2D eigenvalue weighted by molar-refractivity contribution is 5.95. The zero-order valence-corrected chi connectivity index (χ0v) is 17.8. The van der Waals surface area contributed by atoms with Gasteiger partial charge in [-0.25, -0.2) is 14.5 Å². The first kappa shape index (κ1) is 22.6. The van der Waals surface area contributed by atoms with Crippen molar-refractivity contribution in [3.63, 3.8) is 0 Å². The molecule has 0 amide bonds. The summed E-state index contributed by atoms with van der Waals surface area (Å²) in [6.07, 6.45) is 2.21. The SMILES string of the molecule is CCCCC(F)(F)c1nc(CCC)n(Cc2ccc(-c3ccccc3C(=O)O)cc2)n1. The molecule has 7 heteroatoms. The first-order chi connectivity index (χ1) is 14.9. The number of carboxylic acids is 1. The molecule has 3 aromatic rings. The van der Waals surface area contributed by atoms with Crippen molar-refractivity contribution < 1.29 is 18.7 Å². The molecule has 0 saturated heterocycles. The van der Waals surface area contributed by atoms with E-state index in [9.17, 15) is 18.7 Å². The second-order valence-corrected chi connectivity index (χ2v) is 7.61. The molecule has 0 bridgehead atoms. The van der Waals surface area contributed by atoms with Crippen molar-refractivity contribution in [1.82, 2.24) is 14.8 Å². The van der Waals surface area contributed by atoms with Crippen molar-refractivity contribution in [3.8, 4) is 11.1 Å². The summed E-state index contributed by atoms with van der Waals surface area (Å²) >= 11 is 0. The van der Waals surface area contributed by atoms with Crippen molar-refractivity contribution in [2.24, 2.45) is 0 Å². The van der Waals surface area contributed by atoms with Gasteiger partial charge >= 0.3 is 11.9 Å². The molecule has 0 spiro atoms. The zero-order chi connectivity index (χ0) is 22.4. The number of halogens is 2. The fourth-order valence-corrected chi connectivity index (χ4v) is 3.46. The molecule has 0 unspecified atom stereocenters. The molecule has 1 heterocycles. The number of hydrogen-bond acceptors (Lipinski definition) is 3. The van der Waals surface area contributed by atoms with Gasteiger partial charge < -0.3 is 5.11 Å². The number of carboxylic acid groups (broad SMARTS) is 1. The van der Waals surface area contributed by atoms with Crippen LogP contribution in [-0.2, 0) is 18.9 Å². The van der Waals surface area contributed by atoms with Gasteiger partial charge in [0.1, 0.15) is 5.82 Å². The summed E-state index contributed by atoms with van der Waals surface area (Å²) in [6, 6.07) is 14.2. The van der Waals surface area contributed by atoms with Gasteiger partial charge in [0.15, 0.2) is 0 Å². The molecule has 0 aliphatic carbocycles. The lowest BCUT2D eigenvalue weighted by Gasteiger charge is -2.11. The van der Waals surface area contributed by atoms with Crippen LogP contribution in [0.15, 0.2) is 48.5 Å². The molecule has 0 fully saturated rings. The minimum absolute atomic E-state index is 0.232. The molecule has 0 radical (unpaired) electrons. The van der Waals surface area contributed by atoms with Crippen molar-refractivity contribution in [2.45, 2.75) is 58.4 Å². The van der Waals surface area contributed by atoms with Crippen LogP contribution in [0.3, 0.4) is 0 Å². The Kier molecular flexibility index (Phi) is 7.15. The third-order valence-corrected chi connectivity index (χ3v) is 5.15. The fraction of sp³-hybridized carbons (Fsp3) is 0.375. The summed E-state index contributed by atoms with van der Waals surface area (Å²) in [5.41, 5.74) is 2.52. The Balaban J connectivity index is 1.85. The maximum Gasteiger partial charge on any atom is 0.336 e. The van der Waals surface area contributed by atoms with Crippen molar-refractivity contribution >= 4 is 5.97 Å². The molecule has 5 nitrogen and oxygen atoms in total. The van der Waals surface area contributed by atoms with Gasteiger partial charge in [-0.1, -0.05) is 62.7 Å². The maximum absolute atomic E-state index is 14.5. The van der Waals surface area contributed by atoms with Crippen LogP contribution in [0.5, 0.6) is 0 Å². The molecule has 0 aliphatic heterocycles. The molecule has 0 saturated carbocycles. The zero-order valence-electron chi connectivity index (χ0n) is 17.8. The minimum Gasteiger partial charge on any atom is -0.478 e. The highest BCUT2D eigenvalue weighted by atomic mass is 19.3. The molecule has 0 aliphatic rings. The molecule has 2 aromatic carbocycles. The van der Waals surface area contributed by atoms with Crippen LogP contribution >= 0.6 is 0 Å². The van der Waals surface area contributed by atoms with Crippen LogP contribution in [-0.4, -0.2) is 25.8 Å². The lowest BCUT2D eigenvalue weighted by Crippen LogP contribution is -2.16. The van der Waals surface area contributed by atoms with Gasteiger partial charge in [-0.3, -0.25) is 0 Å². The summed E-state index contributed by atoms with van der Waals surface area (Å²) in [4.78, 5) is 15.6. The van der Waals surface area contributed by atoms with Gasteiger partial charge in [0.05, 0.1) is 12.1 Å². The Bertz CT molecular complexity index is 1030. The highest BCUT2D eigenvalue weighted by Gasteiger charge is 2.36. The second-order valence-electron chi connectivity index (χ2n) is 7.61. The van der Waals surface area contributed by atoms with E-state index in [1.807, 2.05) is 38.1 Å². The average molecular weight is 427 g/mol. The Labute approximate surface area is 180 Å². The maximum atomic E-state index is 14.5. The summed E-state index contributed by atoms with van der Waals surface area (Å²) in [5, 5.41) is 13.5. The number of alkyl halides is 2. The minimum atomic E-state index is -3.03. The summed E-state index contributed by atoms with van der Waals surface area (Å²) < 4.78 is 30.5. The van der Waals surface area contributed by atoms with E-state index in [0.29, 0.717) is 37.2 Å². The molecule has 1 N–H and O–H groups in total. The first-order valence-corrected chi connectivity index (χ1v) is 10.6. The average Bonchev–Trinajstić information content (AvgIpc) is 3.16. The van der Waals surface area contributed by atoms with Gasteiger partial charge in [-0.15, -0.1) is 5.10 Å². The first-order valence-electron chi connectivity index (χ1n) is 10.6. The van der Waals surface area contributed by atoms with Crippen LogP contribution in [0.25, 0.3) is 11.1 Å². The standard InChI is InChI=1S/C24H27F2N3O2/c1-3-5-15-24(25,26)23-27-21(8-4-2)29(28-23)16-17-11-13-18(14-12-17)19-9-6-7-10-20(19)22(30)31/h6-7,9-14H,3-5,8,15-16H2,1-2H3,(H,30,31). The van der Waals surface area contributed by atoms with Gasteiger partial charge in [0.2, 0.25) is 5.82 Å². The summed E-state index contributed by atoms with van der Waals surface area (Å²) in [7, 11) is 0. The molecule has 3 rings (SSSR count). The van der Waals surface area contributed by atoms with Crippen molar-refractivity contribution in [3.05, 3.63) is 71.3 Å². The Morgan fingerprint density at radius 1 is 1.06 bits per heavy atom. The van der Waals surface area contributed by atoms with E-state index in [2.05, 4.69) is 10.1 Å². The van der Waals surface area contributed by atoms with Crippen LogP contribution in [0.4, 0.5) is 8.78 Å². The number of aromatic nitrogens is 3. The van der Waals surface area contributed by atoms with Gasteiger partial charge in [0, 0.05) is 12.8 Å². The normalized spacial score (nSPS) is 11.6. The number of benzene rings is 2. The van der Waals surface area contributed by atoms with Gasteiger partial charge in [0.25, 0.3) is 0 Å². The number of aromatic carboxylic acids is 1. The van der Waals surface area contributed by atoms with Gasteiger partial charge in [-0.2, -0.15) is 8.78 Å². The Hall–Kier alpha value is -3.09. The number of aryl methyl sites for hydroxylation is 1.